The van der Waals surface area contributed by atoms with Crippen LogP contribution in [-0.2, 0) is 12.6 Å². The minimum absolute atomic E-state index is 0.0292. The molecule has 0 aliphatic heterocycles. The van der Waals surface area contributed by atoms with Crippen LogP contribution >= 0.6 is 0 Å². The maximum absolute atomic E-state index is 15.3. The van der Waals surface area contributed by atoms with Crippen molar-refractivity contribution in [2.75, 3.05) is 0 Å². The second-order valence-electron chi connectivity index (χ2n) is 9.88. The van der Waals surface area contributed by atoms with Crippen molar-refractivity contribution in [2.45, 2.75) is 64.5 Å². The fourth-order valence-electron chi connectivity index (χ4n) is 5.29. The molecule has 4 rings (SSSR count). The number of para-hydroxylation sites is 1. The van der Waals surface area contributed by atoms with E-state index in [-0.39, 0.29) is 28.9 Å². The summed E-state index contributed by atoms with van der Waals surface area (Å²) in [5.74, 6) is -4.61. The second-order valence-corrected chi connectivity index (χ2v) is 9.88. The molecule has 0 unspecified atom stereocenters. The fraction of sp³-hybridized carbons (Fsp3) is 0.400. The summed E-state index contributed by atoms with van der Waals surface area (Å²) < 4.78 is 103. The fourth-order valence-corrected chi connectivity index (χ4v) is 5.29. The smallest absolute Gasteiger partial charge is 0.422 e. The van der Waals surface area contributed by atoms with Gasteiger partial charge in [0.2, 0.25) is 0 Å². The topological polar surface area (TPSA) is 9.23 Å². The third-order valence-electron chi connectivity index (χ3n) is 7.28. The van der Waals surface area contributed by atoms with Gasteiger partial charge in [-0.1, -0.05) is 63.6 Å². The highest BCUT2D eigenvalue weighted by atomic mass is 19.4. The lowest BCUT2D eigenvalue weighted by molar-refractivity contribution is -0.142. The number of ether oxygens (including phenoxy) is 1. The molecule has 1 nitrogen and oxygen atoms in total. The van der Waals surface area contributed by atoms with Gasteiger partial charge in [-0.3, -0.25) is 0 Å². The van der Waals surface area contributed by atoms with Gasteiger partial charge in [0.15, 0.2) is 11.6 Å². The van der Waals surface area contributed by atoms with Crippen LogP contribution in [0.4, 0.5) is 30.7 Å². The molecule has 1 aliphatic carbocycles. The van der Waals surface area contributed by atoms with E-state index in [1.807, 2.05) is 0 Å². The van der Waals surface area contributed by atoms with Crippen molar-refractivity contribution < 1.29 is 35.5 Å². The Morgan fingerprint density at radius 1 is 0.868 bits per heavy atom. The van der Waals surface area contributed by atoms with Gasteiger partial charge in [-0.05, 0) is 54.5 Å². The molecule has 38 heavy (non-hydrogen) atoms. The molecule has 3 aromatic carbocycles. The summed E-state index contributed by atoms with van der Waals surface area (Å²) in [5.41, 5.74) is -2.33. The Balaban J connectivity index is 1.55. The van der Waals surface area contributed by atoms with Gasteiger partial charge in [0.25, 0.3) is 0 Å². The molecule has 3 aromatic rings. The van der Waals surface area contributed by atoms with Crippen molar-refractivity contribution in [3.63, 3.8) is 0 Å². The van der Waals surface area contributed by atoms with E-state index >= 15 is 4.39 Å². The number of rotatable bonds is 8. The third kappa shape index (κ3) is 6.33. The van der Waals surface area contributed by atoms with Gasteiger partial charge in [0, 0.05) is 17.2 Å². The van der Waals surface area contributed by atoms with E-state index in [4.69, 9.17) is 4.74 Å². The van der Waals surface area contributed by atoms with Crippen LogP contribution in [0.5, 0.6) is 11.5 Å². The zero-order chi connectivity index (χ0) is 27.4. The third-order valence-corrected chi connectivity index (χ3v) is 7.28. The van der Waals surface area contributed by atoms with Crippen molar-refractivity contribution in [2.24, 2.45) is 11.8 Å². The number of hydrogen-bond acceptors (Lipinski definition) is 1. The first kappa shape index (κ1) is 28.0. The summed E-state index contributed by atoms with van der Waals surface area (Å²) in [7, 11) is 0. The number of alkyl halides is 3. The number of benzene rings is 3. The van der Waals surface area contributed by atoms with Crippen LogP contribution in [0.1, 0.15) is 63.0 Å². The van der Waals surface area contributed by atoms with Crippen LogP contribution in [0.25, 0.3) is 11.1 Å². The van der Waals surface area contributed by atoms with Gasteiger partial charge in [0.05, 0.1) is 0 Å². The summed E-state index contributed by atoms with van der Waals surface area (Å²) in [5, 5.41) is 0. The first-order valence-electron chi connectivity index (χ1n) is 12.8. The first-order chi connectivity index (χ1) is 18.1. The largest absolute Gasteiger partial charge is 0.453 e. The zero-order valence-electron chi connectivity index (χ0n) is 20.9. The Morgan fingerprint density at radius 3 is 2.08 bits per heavy atom. The molecular formula is C30H28F7O. The lowest BCUT2D eigenvalue weighted by Crippen LogP contribution is -2.15. The lowest BCUT2D eigenvalue weighted by atomic mass is 9.78. The van der Waals surface area contributed by atoms with Crippen LogP contribution in [0.15, 0.2) is 42.5 Å². The number of halogens is 7. The molecule has 0 N–H and O–H groups in total. The highest BCUT2D eigenvalue weighted by Gasteiger charge is 2.38. The summed E-state index contributed by atoms with van der Waals surface area (Å²) in [6.45, 7) is 2.17. The van der Waals surface area contributed by atoms with Gasteiger partial charge >= 0.3 is 6.18 Å². The molecule has 0 saturated heterocycles. The quantitative estimate of drug-likeness (QED) is 0.260. The average Bonchev–Trinajstić information content (AvgIpc) is 2.86. The first-order valence-corrected chi connectivity index (χ1v) is 12.8. The maximum atomic E-state index is 15.3. The Labute approximate surface area is 217 Å². The van der Waals surface area contributed by atoms with Crippen LogP contribution < -0.4 is 4.74 Å². The molecule has 0 heterocycles. The van der Waals surface area contributed by atoms with Crippen LogP contribution in [0.2, 0.25) is 0 Å². The SMILES string of the molecule is CCC[C@H]1CC[C@H](CCc2c(F)c[c]c(Oc3ccccc3-c3cc(F)c(C(F)(F)F)c(F)c3)c2F)CC1. The monoisotopic (exact) mass is 537 g/mol. The molecular weight excluding hydrogens is 509 g/mol. The van der Waals surface area contributed by atoms with Crippen molar-refractivity contribution in [3.05, 3.63) is 82.9 Å². The van der Waals surface area contributed by atoms with Crippen LogP contribution in [0.3, 0.4) is 0 Å². The molecule has 0 bridgehead atoms. The van der Waals surface area contributed by atoms with Gasteiger partial charge in [-0.15, -0.1) is 0 Å². The molecule has 203 valence electrons. The Kier molecular flexibility index (Phi) is 8.68. The van der Waals surface area contributed by atoms with Crippen molar-refractivity contribution >= 4 is 0 Å². The lowest BCUT2D eigenvalue weighted by Gasteiger charge is -2.28. The summed E-state index contributed by atoms with van der Waals surface area (Å²) in [6, 6.07) is 10.2. The van der Waals surface area contributed by atoms with Gasteiger partial charge in [-0.2, -0.15) is 13.2 Å². The van der Waals surface area contributed by atoms with E-state index in [9.17, 15) is 26.3 Å². The Bertz CT molecular complexity index is 1240. The van der Waals surface area contributed by atoms with E-state index in [0.717, 1.165) is 44.1 Å². The van der Waals surface area contributed by atoms with Crippen LogP contribution in [-0.4, -0.2) is 0 Å². The molecule has 0 spiro atoms. The zero-order valence-corrected chi connectivity index (χ0v) is 20.9. The Morgan fingerprint density at radius 2 is 1.47 bits per heavy atom. The molecule has 1 aliphatic rings. The highest BCUT2D eigenvalue weighted by Crippen LogP contribution is 2.40. The second kappa shape index (κ2) is 11.8. The molecule has 8 heteroatoms. The van der Waals surface area contributed by atoms with Gasteiger partial charge in [0.1, 0.15) is 28.8 Å². The standard InChI is InChI=1S/C30H28F7O/c1-2-5-18-8-10-19(11-9-18)12-13-22-23(31)14-15-27(29(22)34)38-26-7-4-3-6-21(26)20-16-24(32)28(25(33)17-20)30(35,36)37/h3-4,6-7,14,16-19H,2,5,8-13H2,1H3/t18-,19-. The van der Waals surface area contributed by atoms with Gasteiger partial charge < -0.3 is 4.74 Å². The van der Waals surface area contributed by atoms with E-state index < -0.39 is 40.8 Å². The number of hydrogen-bond donors (Lipinski definition) is 0. The van der Waals surface area contributed by atoms with Crippen molar-refractivity contribution in [3.8, 4) is 22.6 Å². The molecule has 1 radical (unpaired) electrons. The van der Waals surface area contributed by atoms with E-state index in [2.05, 4.69) is 13.0 Å². The van der Waals surface area contributed by atoms with Crippen LogP contribution in [0, 0.1) is 41.2 Å². The van der Waals surface area contributed by atoms with E-state index in [0.29, 0.717) is 24.5 Å². The predicted molar refractivity (Wildman–Crippen MR) is 131 cm³/mol. The molecule has 0 amide bonds. The summed E-state index contributed by atoms with van der Waals surface area (Å²) >= 11 is 0. The minimum atomic E-state index is -5.21. The minimum Gasteiger partial charge on any atom is -0.453 e. The van der Waals surface area contributed by atoms with E-state index in [1.54, 1.807) is 0 Å². The predicted octanol–water partition coefficient (Wildman–Crippen LogP) is 10.1. The molecule has 0 aromatic heterocycles. The Hall–Kier alpha value is -3.03. The highest BCUT2D eigenvalue weighted by molar-refractivity contribution is 5.71. The summed E-state index contributed by atoms with van der Waals surface area (Å²) in [4.78, 5) is 0. The normalized spacial score (nSPS) is 18.0. The molecule has 0 atom stereocenters. The van der Waals surface area contributed by atoms with Crippen molar-refractivity contribution in [1.82, 2.24) is 0 Å². The van der Waals surface area contributed by atoms with Crippen molar-refractivity contribution in [1.29, 1.82) is 0 Å². The van der Waals surface area contributed by atoms with E-state index in [1.165, 1.54) is 30.7 Å². The van der Waals surface area contributed by atoms with Gasteiger partial charge in [-0.25, -0.2) is 17.6 Å². The summed E-state index contributed by atoms with van der Waals surface area (Å²) in [6.07, 6.45) is 2.29. The molecule has 1 fully saturated rings. The average molecular weight is 538 g/mol. The molecule has 1 saturated carbocycles. The maximum Gasteiger partial charge on any atom is 0.422 e.